The van der Waals surface area contributed by atoms with E-state index in [-0.39, 0.29) is 17.9 Å². The Kier molecular flexibility index (Phi) is 6.61. The lowest BCUT2D eigenvalue weighted by atomic mass is 10.1. The molecule has 0 spiro atoms. The van der Waals surface area contributed by atoms with Crippen molar-refractivity contribution in [2.45, 2.75) is 25.8 Å². The molecule has 0 bridgehead atoms. The largest absolute Gasteiger partial charge is 0.497 e. The van der Waals surface area contributed by atoms with Crippen LogP contribution in [0.3, 0.4) is 0 Å². The fourth-order valence-corrected chi connectivity index (χ4v) is 2.49. The predicted octanol–water partition coefficient (Wildman–Crippen LogP) is 3.31. The van der Waals surface area contributed by atoms with Gasteiger partial charge in [0.25, 0.3) is 0 Å². The van der Waals surface area contributed by atoms with Gasteiger partial charge in [0, 0.05) is 12.6 Å². The van der Waals surface area contributed by atoms with Crippen LogP contribution < -0.4 is 15.4 Å². The number of carbonyl (C=O) groups excluding carboxylic acids is 1. The van der Waals surface area contributed by atoms with Crippen LogP contribution in [0.5, 0.6) is 5.75 Å². The number of benzene rings is 2. The predicted molar refractivity (Wildman–Crippen MR) is 92.8 cm³/mol. The molecule has 1 unspecified atom stereocenters. The SMILES string of the molecule is COc1cccc(CC(C)NC(=O)NCCc2cccc(F)c2)c1. The molecule has 128 valence electrons. The van der Waals surface area contributed by atoms with Crippen molar-refractivity contribution in [3.05, 3.63) is 65.5 Å². The average molecular weight is 330 g/mol. The van der Waals surface area contributed by atoms with Gasteiger partial charge in [-0.05, 0) is 55.2 Å². The Hall–Kier alpha value is -2.56. The van der Waals surface area contributed by atoms with Crippen molar-refractivity contribution < 1.29 is 13.9 Å². The summed E-state index contributed by atoms with van der Waals surface area (Å²) in [5, 5.41) is 5.69. The van der Waals surface area contributed by atoms with Gasteiger partial charge in [-0.1, -0.05) is 24.3 Å². The third kappa shape index (κ3) is 5.91. The van der Waals surface area contributed by atoms with Crippen LogP contribution in [-0.4, -0.2) is 25.7 Å². The van der Waals surface area contributed by atoms with Crippen LogP contribution in [0, 0.1) is 5.82 Å². The van der Waals surface area contributed by atoms with Crippen LogP contribution >= 0.6 is 0 Å². The van der Waals surface area contributed by atoms with Gasteiger partial charge in [-0.15, -0.1) is 0 Å². The van der Waals surface area contributed by atoms with Crippen molar-refractivity contribution in [2.75, 3.05) is 13.7 Å². The molecule has 2 rings (SSSR count). The minimum Gasteiger partial charge on any atom is -0.497 e. The van der Waals surface area contributed by atoms with Gasteiger partial charge in [0.15, 0.2) is 0 Å². The van der Waals surface area contributed by atoms with Crippen molar-refractivity contribution in [3.63, 3.8) is 0 Å². The lowest BCUT2D eigenvalue weighted by Crippen LogP contribution is -2.42. The molecule has 0 aliphatic heterocycles. The maximum atomic E-state index is 13.1. The Balaban J connectivity index is 1.73. The monoisotopic (exact) mass is 330 g/mol. The molecule has 24 heavy (non-hydrogen) atoms. The maximum absolute atomic E-state index is 13.1. The number of nitrogens with one attached hydrogen (secondary N) is 2. The molecule has 2 aromatic carbocycles. The van der Waals surface area contributed by atoms with E-state index in [4.69, 9.17) is 4.74 Å². The number of halogens is 1. The second-order valence-corrected chi connectivity index (χ2v) is 5.74. The number of carbonyl (C=O) groups is 1. The molecule has 2 amide bonds. The smallest absolute Gasteiger partial charge is 0.315 e. The third-order valence-corrected chi connectivity index (χ3v) is 3.64. The summed E-state index contributed by atoms with van der Waals surface area (Å²) in [6, 6.07) is 13.9. The van der Waals surface area contributed by atoms with E-state index in [0.29, 0.717) is 19.4 Å². The van der Waals surface area contributed by atoms with E-state index in [1.165, 1.54) is 12.1 Å². The minimum absolute atomic E-state index is 0.00808. The zero-order valence-electron chi connectivity index (χ0n) is 14.0. The average Bonchev–Trinajstić information content (AvgIpc) is 2.55. The first-order valence-corrected chi connectivity index (χ1v) is 7.98. The van der Waals surface area contributed by atoms with Crippen LogP contribution in [0.4, 0.5) is 9.18 Å². The Morgan fingerprint density at radius 1 is 1.17 bits per heavy atom. The molecule has 0 saturated carbocycles. The van der Waals surface area contributed by atoms with Gasteiger partial charge in [0.2, 0.25) is 0 Å². The lowest BCUT2D eigenvalue weighted by Gasteiger charge is -2.15. The fraction of sp³-hybridized carbons (Fsp3) is 0.316. The molecule has 0 saturated heterocycles. The van der Waals surface area contributed by atoms with Crippen molar-refractivity contribution in [3.8, 4) is 5.75 Å². The summed E-state index contributed by atoms with van der Waals surface area (Å²) in [4.78, 5) is 11.9. The van der Waals surface area contributed by atoms with E-state index in [1.54, 1.807) is 13.2 Å². The Bertz CT molecular complexity index is 676. The molecule has 2 N–H and O–H groups in total. The van der Waals surface area contributed by atoms with Gasteiger partial charge >= 0.3 is 6.03 Å². The van der Waals surface area contributed by atoms with Gasteiger partial charge in [-0.2, -0.15) is 0 Å². The fourth-order valence-electron chi connectivity index (χ4n) is 2.49. The quantitative estimate of drug-likeness (QED) is 0.818. The highest BCUT2D eigenvalue weighted by atomic mass is 19.1. The molecule has 0 aromatic heterocycles. The lowest BCUT2D eigenvalue weighted by molar-refractivity contribution is 0.238. The summed E-state index contributed by atoms with van der Waals surface area (Å²) in [6.45, 7) is 2.41. The molecule has 1 atom stereocenters. The maximum Gasteiger partial charge on any atom is 0.315 e. The number of methoxy groups -OCH3 is 1. The van der Waals surface area contributed by atoms with E-state index in [1.807, 2.05) is 37.3 Å². The zero-order valence-corrected chi connectivity index (χ0v) is 14.0. The summed E-state index contributed by atoms with van der Waals surface area (Å²) in [6.07, 6.45) is 1.31. The van der Waals surface area contributed by atoms with E-state index in [9.17, 15) is 9.18 Å². The van der Waals surface area contributed by atoms with Crippen LogP contribution in [0.15, 0.2) is 48.5 Å². The molecule has 0 aliphatic rings. The molecule has 4 nitrogen and oxygen atoms in total. The van der Waals surface area contributed by atoms with Crippen LogP contribution in [-0.2, 0) is 12.8 Å². The number of urea groups is 1. The molecular formula is C19H23FN2O2. The minimum atomic E-state index is -0.260. The number of hydrogen-bond donors (Lipinski definition) is 2. The standard InChI is InChI=1S/C19H23FN2O2/c1-14(11-16-6-4-8-18(13-16)24-2)22-19(23)21-10-9-15-5-3-7-17(20)12-15/h3-8,12-14H,9-11H2,1-2H3,(H2,21,22,23). The van der Waals surface area contributed by atoms with Crippen molar-refractivity contribution in [1.29, 1.82) is 0 Å². The first-order valence-electron chi connectivity index (χ1n) is 7.98. The van der Waals surface area contributed by atoms with Crippen molar-refractivity contribution >= 4 is 6.03 Å². The first-order chi connectivity index (χ1) is 11.6. The summed E-state index contributed by atoms with van der Waals surface area (Å²) in [5.74, 6) is 0.545. The number of ether oxygens (including phenoxy) is 1. The number of hydrogen-bond acceptors (Lipinski definition) is 2. The van der Waals surface area contributed by atoms with Gasteiger partial charge in [0.1, 0.15) is 11.6 Å². The molecule has 2 aromatic rings. The Labute approximate surface area is 142 Å². The Morgan fingerprint density at radius 3 is 2.67 bits per heavy atom. The first kappa shape index (κ1) is 17.8. The van der Waals surface area contributed by atoms with Gasteiger partial charge in [-0.3, -0.25) is 0 Å². The topological polar surface area (TPSA) is 50.4 Å². The summed E-state index contributed by atoms with van der Waals surface area (Å²) in [5.41, 5.74) is 1.96. The van der Waals surface area contributed by atoms with E-state index in [2.05, 4.69) is 10.6 Å². The zero-order chi connectivity index (χ0) is 17.4. The summed E-state index contributed by atoms with van der Waals surface area (Å²) in [7, 11) is 1.63. The second-order valence-electron chi connectivity index (χ2n) is 5.74. The summed E-state index contributed by atoms with van der Waals surface area (Å²) >= 11 is 0. The molecular weight excluding hydrogens is 307 g/mol. The highest BCUT2D eigenvalue weighted by Crippen LogP contribution is 2.13. The highest BCUT2D eigenvalue weighted by molar-refractivity contribution is 5.74. The van der Waals surface area contributed by atoms with Crippen molar-refractivity contribution in [1.82, 2.24) is 10.6 Å². The van der Waals surface area contributed by atoms with Crippen LogP contribution in [0.25, 0.3) is 0 Å². The number of amides is 2. The Morgan fingerprint density at radius 2 is 1.92 bits per heavy atom. The van der Waals surface area contributed by atoms with Gasteiger partial charge in [0.05, 0.1) is 7.11 Å². The van der Waals surface area contributed by atoms with E-state index in [0.717, 1.165) is 16.9 Å². The highest BCUT2D eigenvalue weighted by Gasteiger charge is 2.08. The van der Waals surface area contributed by atoms with Crippen LogP contribution in [0.2, 0.25) is 0 Å². The van der Waals surface area contributed by atoms with E-state index < -0.39 is 0 Å². The third-order valence-electron chi connectivity index (χ3n) is 3.64. The normalized spacial score (nSPS) is 11.6. The second kappa shape index (κ2) is 8.91. The number of rotatable bonds is 7. The van der Waals surface area contributed by atoms with Crippen molar-refractivity contribution in [2.24, 2.45) is 0 Å². The molecule has 5 heteroatoms. The van der Waals surface area contributed by atoms with E-state index >= 15 is 0 Å². The molecule has 0 aliphatic carbocycles. The van der Waals surface area contributed by atoms with Crippen LogP contribution in [0.1, 0.15) is 18.1 Å². The summed E-state index contributed by atoms with van der Waals surface area (Å²) < 4.78 is 18.3. The molecule has 0 fully saturated rings. The van der Waals surface area contributed by atoms with Gasteiger partial charge in [-0.25, -0.2) is 9.18 Å². The molecule has 0 radical (unpaired) electrons. The van der Waals surface area contributed by atoms with Gasteiger partial charge < -0.3 is 15.4 Å². The molecule has 0 heterocycles.